The van der Waals surface area contributed by atoms with Crippen molar-refractivity contribution < 1.29 is 27.5 Å². The zero-order valence-corrected chi connectivity index (χ0v) is 13.3. The summed E-state index contributed by atoms with van der Waals surface area (Å²) in [5.74, 6) is -1.38. The minimum atomic E-state index is -4.45. The number of benzene rings is 2. The molecule has 0 aliphatic rings. The molecule has 2 aromatic rings. The van der Waals surface area contributed by atoms with Crippen LogP contribution in [0.5, 0.6) is 0 Å². The normalized spacial score (nSPS) is 11.9. The van der Waals surface area contributed by atoms with Crippen molar-refractivity contribution >= 4 is 17.8 Å². The zero-order chi connectivity index (χ0) is 18.4. The van der Waals surface area contributed by atoms with Crippen LogP contribution in [0.2, 0.25) is 0 Å². The average molecular weight is 348 g/mol. The number of esters is 1. The molecule has 0 spiro atoms. The van der Waals surface area contributed by atoms with Crippen LogP contribution < -0.4 is 0 Å². The van der Waals surface area contributed by atoms with Gasteiger partial charge in [-0.15, -0.1) is 0 Å². The van der Waals surface area contributed by atoms with Gasteiger partial charge in [0, 0.05) is 5.56 Å². The van der Waals surface area contributed by atoms with Gasteiger partial charge >= 0.3 is 12.1 Å². The Morgan fingerprint density at radius 3 is 2.12 bits per heavy atom. The number of ketones is 1. The van der Waals surface area contributed by atoms with Crippen LogP contribution in [0.3, 0.4) is 0 Å². The van der Waals surface area contributed by atoms with Crippen molar-refractivity contribution in [3.8, 4) is 0 Å². The SMILES string of the molecule is CCOC(=O)/C(=C\c1ccc(C(F)(F)F)cc1)C(=O)c1ccccc1. The summed E-state index contributed by atoms with van der Waals surface area (Å²) < 4.78 is 42.7. The lowest BCUT2D eigenvalue weighted by Gasteiger charge is -2.08. The molecule has 2 rings (SSSR count). The molecular formula is C19H15F3O3. The van der Waals surface area contributed by atoms with E-state index in [1.54, 1.807) is 37.3 Å². The van der Waals surface area contributed by atoms with Gasteiger partial charge in [0.2, 0.25) is 0 Å². The highest BCUT2D eigenvalue weighted by Crippen LogP contribution is 2.29. The molecule has 0 aromatic heterocycles. The Kier molecular flexibility index (Phi) is 5.75. The maximum atomic E-state index is 12.6. The van der Waals surface area contributed by atoms with Gasteiger partial charge in [-0.2, -0.15) is 13.2 Å². The van der Waals surface area contributed by atoms with Gasteiger partial charge < -0.3 is 4.74 Å². The van der Waals surface area contributed by atoms with Crippen LogP contribution in [0.25, 0.3) is 6.08 Å². The molecule has 0 atom stereocenters. The summed E-state index contributed by atoms with van der Waals surface area (Å²) >= 11 is 0. The number of hydrogen-bond acceptors (Lipinski definition) is 3. The molecule has 0 saturated heterocycles. The average Bonchev–Trinajstić information content (AvgIpc) is 2.59. The molecule has 0 unspecified atom stereocenters. The fourth-order valence-corrected chi connectivity index (χ4v) is 2.11. The summed E-state index contributed by atoms with van der Waals surface area (Å²) in [5, 5.41) is 0. The smallest absolute Gasteiger partial charge is 0.416 e. The lowest BCUT2D eigenvalue weighted by atomic mass is 10.0. The number of carbonyl (C=O) groups is 2. The molecule has 0 amide bonds. The van der Waals surface area contributed by atoms with Crippen LogP contribution in [-0.4, -0.2) is 18.4 Å². The third-order valence-corrected chi connectivity index (χ3v) is 3.32. The van der Waals surface area contributed by atoms with Crippen LogP contribution >= 0.6 is 0 Å². The fraction of sp³-hybridized carbons (Fsp3) is 0.158. The van der Waals surface area contributed by atoms with Crippen LogP contribution in [0.15, 0.2) is 60.2 Å². The quantitative estimate of drug-likeness (QED) is 0.262. The van der Waals surface area contributed by atoms with Gasteiger partial charge in [-0.05, 0) is 30.7 Å². The summed E-state index contributed by atoms with van der Waals surface area (Å²) in [7, 11) is 0. The molecule has 6 heteroatoms. The van der Waals surface area contributed by atoms with E-state index in [0.29, 0.717) is 5.56 Å². The number of halogens is 3. The first-order chi connectivity index (χ1) is 11.8. The molecule has 2 aromatic carbocycles. The Bertz CT molecular complexity index is 776. The lowest BCUT2D eigenvalue weighted by Crippen LogP contribution is -2.16. The second-order valence-corrected chi connectivity index (χ2v) is 5.09. The maximum Gasteiger partial charge on any atom is 0.416 e. The summed E-state index contributed by atoms with van der Waals surface area (Å²) in [6.07, 6.45) is -3.22. The molecule has 0 saturated carbocycles. The fourth-order valence-electron chi connectivity index (χ4n) is 2.11. The Morgan fingerprint density at radius 1 is 1.00 bits per heavy atom. The number of hydrogen-bond donors (Lipinski definition) is 0. The first kappa shape index (κ1) is 18.4. The van der Waals surface area contributed by atoms with Crippen molar-refractivity contribution in [2.24, 2.45) is 0 Å². The second kappa shape index (κ2) is 7.79. The molecule has 130 valence electrons. The molecule has 3 nitrogen and oxygen atoms in total. The largest absolute Gasteiger partial charge is 0.462 e. The Hall–Kier alpha value is -2.89. The maximum absolute atomic E-state index is 12.6. The summed E-state index contributed by atoms with van der Waals surface area (Å²) in [5.41, 5.74) is -0.474. The lowest BCUT2D eigenvalue weighted by molar-refractivity contribution is -0.138. The van der Waals surface area contributed by atoms with E-state index in [1.807, 2.05) is 0 Å². The minimum Gasteiger partial charge on any atom is -0.462 e. The predicted octanol–water partition coefficient (Wildman–Crippen LogP) is 4.53. The summed E-state index contributed by atoms with van der Waals surface area (Å²) in [4.78, 5) is 24.6. The molecule has 0 aliphatic carbocycles. The van der Waals surface area contributed by atoms with Crippen molar-refractivity contribution in [3.05, 3.63) is 76.9 Å². The van der Waals surface area contributed by atoms with Crippen LogP contribution in [-0.2, 0) is 15.7 Å². The number of Topliss-reactive ketones (excluding diaryl/α,β-unsaturated/α-hetero) is 1. The molecule has 0 bridgehead atoms. The molecule has 0 heterocycles. The summed E-state index contributed by atoms with van der Waals surface area (Å²) in [6, 6.07) is 12.3. The van der Waals surface area contributed by atoms with E-state index in [9.17, 15) is 22.8 Å². The highest BCUT2D eigenvalue weighted by molar-refractivity contribution is 6.26. The monoisotopic (exact) mass is 348 g/mol. The second-order valence-electron chi connectivity index (χ2n) is 5.09. The van der Waals surface area contributed by atoms with E-state index in [1.165, 1.54) is 18.2 Å². The number of carbonyl (C=O) groups excluding carboxylic acids is 2. The van der Waals surface area contributed by atoms with E-state index < -0.39 is 23.5 Å². The molecule has 0 radical (unpaired) electrons. The number of alkyl halides is 3. The molecule has 0 N–H and O–H groups in total. The van der Waals surface area contributed by atoms with E-state index in [2.05, 4.69) is 0 Å². The predicted molar refractivity (Wildman–Crippen MR) is 86.8 cm³/mol. The van der Waals surface area contributed by atoms with Crippen molar-refractivity contribution in [1.29, 1.82) is 0 Å². The van der Waals surface area contributed by atoms with Crippen LogP contribution in [0.4, 0.5) is 13.2 Å². The van der Waals surface area contributed by atoms with E-state index in [-0.39, 0.29) is 17.7 Å². The highest BCUT2D eigenvalue weighted by atomic mass is 19.4. The molecule has 0 fully saturated rings. The van der Waals surface area contributed by atoms with Gasteiger partial charge in [0.25, 0.3) is 0 Å². The van der Waals surface area contributed by atoms with E-state index in [4.69, 9.17) is 4.74 Å². The number of ether oxygens (including phenoxy) is 1. The van der Waals surface area contributed by atoms with Crippen molar-refractivity contribution in [1.82, 2.24) is 0 Å². The van der Waals surface area contributed by atoms with Gasteiger partial charge in [0.1, 0.15) is 5.57 Å². The Morgan fingerprint density at radius 2 is 1.60 bits per heavy atom. The third kappa shape index (κ3) is 4.79. The van der Waals surface area contributed by atoms with Gasteiger partial charge in [0.15, 0.2) is 5.78 Å². The van der Waals surface area contributed by atoms with E-state index in [0.717, 1.165) is 12.1 Å². The Balaban J connectivity index is 2.40. The Labute approximate surface area is 142 Å². The molecule has 0 aliphatic heterocycles. The highest BCUT2D eigenvalue weighted by Gasteiger charge is 2.30. The third-order valence-electron chi connectivity index (χ3n) is 3.32. The van der Waals surface area contributed by atoms with E-state index >= 15 is 0 Å². The topological polar surface area (TPSA) is 43.4 Å². The molecular weight excluding hydrogens is 333 g/mol. The van der Waals surface area contributed by atoms with Gasteiger partial charge in [-0.25, -0.2) is 4.79 Å². The van der Waals surface area contributed by atoms with Crippen molar-refractivity contribution in [2.75, 3.05) is 6.61 Å². The van der Waals surface area contributed by atoms with Gasteiger partial charge in [0.05, 0.1) is 12.2 Å². The van der Waals surface area contributed by atoms with Gasteiger partial charge in [-0.3, -0.25) is 4.79 Å². The van der Waals surface area contributed by atoms with Crippen molar-refractivity contribution in [3.63, 3.8) is 0 Å². The minimum absolute atomic E-state index is 0.0747. The standard InChI is InChI=1S/C19H15F3O3/c1-2-25-18(24)16(17(23)14-6-4-3-5-7-14)12-13-8-10-15(11-9-13)19(20,21)22/h3-12H,2H2,1H3/b16-12-. The first-order valence-electron chi connectivity index (χ1n) is 7.48. The number of rotatable bonds is 5. The van der Waals surface area contributed by atoms with Crippen molar-refractivity contribution in [2.45, 2.75) is 13.1 Å². The van der Waals surface area contributed by atoms with Gasteiger partial charge in [-0.1, -0.05) is 42.5 Å². The first-order valence-corrected chi connectivity index (χ1v) is 7.48. The molecule has 25 heavy (non-hydrogen) atoms. The summed E-state index contributed by atoms with van der Waals surface area (Å²) in [6.45, 7) is 1.67. The van der Waals surface area contributed by atoms with Crippen LogP contribution in [0.1, 0.15) is 28.4 Å². The zero-order valence-electron chi connectivity index (χ0n) is 13.3. The van der Waals surface area contributed by atoms with Crippen LogP contribution in [0, 0.1) is 0 Å².